The molecule has 0 atom stereocenters. The molecule has 8 aromatic carbocycles. The van der Waals surface area contributed by atoms with Gasteiger partial charge in [-0.15, -0.1) is 11.3 Å². The fourth-order valence-corrected chi connectivity index (χ4v) is 9.38. The first-order valence-electron chi connectivity index (χ1n) is 19.3. The highest BCUT2D eigenvalue weighted by Gasteiger charge is 2.19. The molecule has 0 spiro atoms. The van der Waals surface area contributed by atoms with Crippen LogP contribution in [-0.4, -0.2) is 15.0 Å². The Balaban J connectivity index is 1.02. The molecule has 0 bridgehead atoms. The van der Waals surface area contributed by atoms with Crippen molar-refractivity contribution in [2.45, 2.75) is 0 Å². The molecule has 0 unspecified atom stereocenters. The summed E-state index contributed by atoms with van der Waals surface area (Å²) in [6.45, 7) is 4.12. The molecule has 0 aliphatic rings. The highest BCUT2D eigenvalue weighted by Crippen LogP contribution is 2.41. The second-order valence-corrected chi connectivity index (χ2v) is 15.4. The van der Waals surface area contributed by atoms with Crippen LogP contribution in [0.4, 0.5) is 0 Å². The third kappa shape index (κ3) is 5.71. The molecule has 11 aromatic rings. The number of aromatic nitrogens is 3. The lowest BCUT2D eigenvalue weighted by atomic mass is 9.95. The second kappa shape index (κ2) is 13.9. The Bertz CT molecular complexity index is 3410. The molecule has 4 nitrogen and oxygen atoms in total. The lowest BCUT2D eigenvalue weighted by Gasteiger charge is -2.10. The van der Waals surface area contributed by atoms with E-state index in [4.69, 9.17) is 19.4 Å². The van der Waals surface area contributed by atoms with E-state index in [1.165, 1.54) is 41.7 Å². The summed E-state index contributed by atoms with van der Waals surface area (Å²) in [7, 11) is 0. The lowest BCUT2D eigenvalue weighted by Crippen LogP contribution is -2.00. The number of hydrogen-bond donors (Lipinski definition) is 0. The molecule has 3 heterocycles. The smallest absolute Gasteiger partial charge is 0.164 e. The van der Waals surface area contributed by atoms with E-state index in [2.05, 4.69) is 146 Å². The number of furan rings is 1. The van der Waals surface area contributed by atoms with Crippen LogP contribution in [0.3, 0.4) is 0 Å². The fraction of sp³-hybridized carbons (Fsp3) is 0. The van der Waals surface area contributed by atoms with Crippen LogP contribution in [0.2, 0.25) is 0 Å². The summed E-state index contributed by atoms with van der Waals surface area (Å²) in [4.78, 5) is 15.3. The average molecular weight is 760 g/mol. The molecule has 0 saturated heterocycles. The van der Waals surface area contributed by atoms with Crippen molar-refractivity contribution in [3.05, 3.63) is 193 Å². The van der Waals surface area contributed by atoms with Crippen molar-refractivity contribution in [2.75, 3.05) is 0 Å². The molecule has 0 aliphatic carbocycles. The summed E-state index contributed by atoms with van der Waals surface area (Å²) >= 11 is 1.79. The Kier molecular flexibility index (Phi) is 8.12. The van der Waals surface area contributed by atoms with Crippen LogP contribution in [0, 0.1) is 0 Å². The third-order valence-electron chi connectivity index (χ3n) is 11.0. The van der Waals surface area contributed by atoms with Crippen molar-refractivity contribution in [3.63, 3.8) is 0 Å². The van der Waals surface area contributed by atoms with Crippen LogP contribution >= 0.6 is 11.3 Å². The summed E-state index contributed by atoms with van der Waals surface area (Å²) in [6.07, 6.45) is 6.17. The Labute approximate surface area is 338 Å². The molecule has 0 aliphatic heterocycles. The maximum absolute atomic E-state index is 6.42. The minimum Gasteiger partial charge on any atom is -0.456 e. The van der Waals surface area contributed by atoms with Gasteiger partial charge in [0, 0.05) is 47.8 Å². The van der Waals surface area contributed by atoms with Gasteiger partial charge in [0.25, 0.3) is 0 Å². The third-order valence-corrected chi connectivity index (χ3v) is 12.1. The maximum Gasteiger partial charge on any atom is 0.164 e. The van der Waals surface area contributed by atoms with Crippen LogP contribution in [0.5, 0.6) is 0 Å². The quantitative estimate of drug-likeness (QED) is 0.152. The minimum atomic E-state index is 0.619. The SMILES string of the molecule is C=Cc1oc2cccc(-c3ccc(-c4nc(-c5ccccc5)nc(-c5cccc6sc7ccccc7c56)n4)cc3)c2c1/C=C/c1cc2ccccc2c2ccccc12. The van der Waals surface area contributed by atoms with E-state index in [0.29, 0.717) is 17.5 Å². The van der Waals surface area contributed by atoms with Gasteiger partial charge in [-0.05, 0) is 74.7 Å². The van der Waals surface area contributed by atoms with Crippen molar-refractivity contribution < 1.29 is 4.42 Å². The van der Waals surface area contributed by atoms with Crippen LogP contribution in [-0.2, 0) is 0 Å². The van der Waals surface area contributed by atoms with Crippen LogP contribution in [0.1, 0.15) is 16.9 Å². The number of fused-ring (bicyclic) bond motifs is 7. The number of rotatable bonds is 7. The predicted molar refractivity (Wildman–Crippen MR) is 245 cm³/mol. The molecule has 0 fully saturated rings. The maximum atomic E-state index is 6.42. The van der Waals surface area contributed by atoms with Gasteiger partial charge in [0.15, 0.2) is 17.5 Å². The Morgan fingerprint density at radius 3 is 1.90 bits per heavy atom. The zero-order chi connectivity index (χ0) is 38.6. The van der Waals surface area contributed by atoms with Gasteiger partial charge in [0.05, 0.1) is 0 Å². The first-order valence-corrected chi connectivity index (χ1v) is 20.1. The molecule has 0 saturated carbocycles. The molecular weight excluding hydrogens is 727 g/mol. The molecule has 0 N–H and O–H groups in total. The normalized spacial score (nSPS) is 11.8. The molecule has 11 rings (SSSR count). The van der Waals surface area contributed by atoms with E-state index in [-0.39, 0.29) is 0 Å². The minimum absolute atomic E-state index is 0.619. The van der Waals surface area contributed by atoms with Gasteiger partial charge in [-0.2, -0.15) is 0 Å². The summed E-state index contributed by atoms with van der Waals surface area (Å²) in [5.74, 6) is 2.64. The fourth-order valence-electron chi connectivity index (χ4n) is 8.24. The van der Waals surface area contributed by atoms with Crippen molar-refractivity contribution in [3.8, 4) is 45.3 Å². The molecule has 5 heteroatoms. The average Bonchev–Trinajstić information content (AvgIpc) is 3.86. The molecule has 3 aromatic heterocycles. The van der Waals surface area contributed by atoms with Crippen LogP contribution in [0.15, 0.2) is 181 Å². The highest BCUT2D eigenvalue weighted by molar-refractivity contribution is 7.25. The first-order chi connectivity index (χ1) is 28.7. The number of benzene rings is 8. The summed E-state index contributed by atoms with van der Waals surface area (Å²) in [5, 5.41) is 8.31. The molecule has 0 amide bonds. The largest absolute Gasteiger partial charge is 0.456 e. The lowest BCUT2D eigenvalue weighted by molar-refractivity contribution is 0.603. The standard InChI is InChI=1S/C53H33N3OS/c1-2-45-42(31-30-37-32-36-16-6-7-17-38(36)41-19-9-8-18-39(37)41)49-40(21-12-23-46(49)57-45)33-26-28-35(29-27-33)52-54-51(34-14-4-3-5-15-34)55-53(56-52)44-22-13-25-48-50(44)43-20-10-11-24-47(43)58-48/h2-32H,1H2/b31-30+. The first kappa shape index (κ1) is 33.8. The number of nitrogens with zero attached hydrogens (tertiary/aromatic N) is 3. The van der Waals surface area contributed by atoms with E-state index < -0.39 is 0 Å². The molecule has 58 heavy (non-hydrogen) atoms. The summed E-state index contributed by atoms with van der Waals surface area (Å²) in [6, 6.07) is 59.2. The van der Waals surface area contributed by atoms with Gasteiger partial charge in [0.1, 0.15) is 11.3 Å². The van der Waals surface area contributed by atoms with Gasteiger partial charge in [0.2, 0.25) is 0 Å². The van der Waals surface area contributed by atoms with E-state index in [1.54, 1.807) is 17.4 Å². The highest BCUT2D eigenvalue weighted by atomic mass is 32.1. The van der Waals surface area contributed by atoms with Gasteiger partial charge >= 0.3 is 0 Å². The molecular formula is C53H33N3OS. The second-order valence-electron chi connectivity index (χ2n) is 14.4. The summed E-state index contributed by atoms with van der Waals surface area (Å²) < 4.78 is 8.87. The Morgan fingerprint density at radius 1 is 0.466 bits per heavy atom. The van der Waals surface area contributed by atoms with Crippen molar-refractivity contribution >= 4 is 82.3 Å². The van der Waals surface area contributed by atoms with Crippen LogP contribution in [0.25, 0.3) is 116 Å². The van der Waals surface area contributed by atoms with Crippen molar-refractivity contribution in [1.29, 1.82) is 0 Å². The zero-order valence-corrected chi connectivity index (χ0v) is 32.1. The number of hydrogen-bond acceptors (Lipinski definition) is 5. The summed E-state index contributed by atoms with van der Waals surface area (Å²) in [5.41, 5.74) is 7.92. The zero-order valence-electron chi connectivity index (χ0n) is 31.3. The Morgan fingerprint density at radius 2 is 1.09 bits per heavy atom. The van der Waals surface area contributed by atoms with Gasteiger partial charge in [-0.3, -0.25) is 0 Å². The molecule has 272 valence electrons. The monoisotopic (exact) mass is 759 g/mol. The van der Waals surface area contributed by atoms with Crippen LogP contribution < -0.4 is 0 Å². The molecule has 0 radical (unpaired) electrons. The number of thiophene rings is 1. The topological polar surface area (TPSA) is 51.8 Å². The van der Waals surface area contributed by atoms with Gasteiger partial charge < -0.3 is 4.42 Å². The van der Waals surface area contributed by atoms with E-state index in [1.807, 2.05) is 42.5 Å². The van der Waals surface area contributed by atoms with E-state index in [0.717, 1.165) is 55.7 Å². The predicted octanol–water partition coefficient (Wildman–Crippen LogP) is 14.8. The van der Waals surface area contributed by atoms with Crippen molar-refractivity contribution in [1.82, 2.24) is 15.0 Å². The van der Waals surface area contributed by atoms with Crippen molar-refractivity contribution in [2.24, 2.45) is 0 Å². The van der Waals surface area contributed by atoms with Gasteiger partial charge in [-0.25, -0.2) is 15.0 Å². The Hall–Kier alpha value is -7.47. The van der Waals surface area contributed by atoms with Gasteiger partial charge in [-0.1, -0.05) is 158 Å². The van der Waals surface area contributed by atoms with E-state index in [9.17, 15) is 0 Å². The van der Waals surface area contributed by atoms with E-state index >= 15 is 0 Å².